The molecule has 2 fully saturated rings. The number of amides is 2. The number of nitrogens with zero attached hydrogens (tertiary/aromatic N) is 1. The number of halogens is 3. The highest BCUT2D eigenvalue weighted by atomic mass is 32.2. The van der Waals surface area contributed by atoms with E-state index >= 15 is 0 Å². The Bertz CT molecular complexity index is 768. The first kappa shape index (κ1) is 19.8. The average molecular weight is 399 g/mol. The van der Waals surface area contributed by atoms with Crippen molar-refractivity contribution in [1.29, 1.82) is 0 Å². The van der Waals surface area contributed by atoms with Gasteiger partial charge in [0.05, 0.1) is 10.5 Å². The van der Waals surface area contributed by atoms with Crippen LogP contribution in [0.5, 0.6) is 5.75 Å². The summed E-state index contributed by atoms with van der Waals surface area (Å²) in [6.07, 6.45) is 3.04. The lowest BCUT2D eigenvalue weighted by Crippen LogP contribution is -2.33. The van der Waals surface area contributed by atoms with Crippen molar-refractivity contribution in [3.63, 3.8) is 0 Å². The van der Waals surface area contributed by atoms with Crippen LogP contribution in [0.25, 0.3) is 6.08 Å². The van der Waals surface area contributed by atoms with Gasteiger partial charge >= 0.3 is 6.18 Å². The number of imide groups is 1. The van der Waals surface area contributed by atoms with Gasteiger partial charge in [0.2, 0.25) is 0 Å². The van der Waals surface area contributed by atoms with Crippen molar-refractivity contribution in [3.8, 4) is 5.75 Å². The van der Waals surface area contributed by atoms with Crippen molar-refractivity contribution in [2.24, 2.45) is 5.92 Å². The molecule has 1 aliphatic heterocycles. The minimum atomic E-state index is -4.70. The van der Waals surface area contributed by atoms with Crippen LogP contribution in [0.4, 0.5) is 18.0 Å². The molecule has 2 amide bonds. The van der Waals surface area contributed by atoms with E-state index in [0.717, 1.165) is 49.6 Å². The smallest absolute Gasteiger partial charge is 0.419 e. The van der Waals surface area contributed by atoms with Crippen LogP contribution in [0.3, 0.4) is 0 Å². The van der Waals surface area contributed by atoms with E-state index in [1.54, 1.807) is 0 Å². The van der Waals surface area contributed by atoms with Crippen LogP contribution in [0.1, 0.15) is 49.7 Å². The quantitative estimate of drug-likeness (QED) is 0.545. The molecule has 1 saturated heterocycles. The summed E-state index contributed by atoms with van der Waals surface area (Å²) in [7, 11) is 0. The van der Waals surface area contributed by atoms with Crippen molar-refractivity contribution in [2.75, 3.05) is 6.54 Å². The first-order chi connectivity index (χ1) is 12.8. The number of carbonyl (C=O) groups excluding carboxylic acids is 2. The van der Waals surface area contributed by atoms with E-state index in [0.29, 0.717) is 6.54 Å². The minimum Gasteiger partial charge on any atom is -0.507 e. The van der Waals surface area contributed by atoms with Gasteiger partial charge in [-0.1, -0.05) is 31.7 Å². The lowest BCUT2D eigenvalue weighted by Gasteiger charge is -2.20. The molecule has 27 heavy (non-hydrogen) atoms. The van der Waals surface area contributed by atoms with E-state index in [-0.39, 0.29) is 21.6 Å². The molecular formula is C19H20F3NO3S. The maximum atomic E-state index is 12.9. The number of hydrogen-bond donors (Lipinski definition) is 1. The number of thioether (sulfide) groups is 1. The molecule has 1 N–H and O–H groups in total. The Labute approximate surface area is 159 Å². The molecule has 4 nitrogen and oxygen atoms in total. The van der Waals surface area contributed by atoms with Gasteiger partial charge in [-0.3, -0.25) is 14.5 Å². The fraction of sp³-hybridized carbons (Fsp3) is 0.474. The van der Waals surface area contributed by atoms with Crippen molar-refractivity contribution in [3.05, 3.63) is 34.2 Å². The number of rotatable bonds is 3. The molecule has 1 aromatic rings. The number of benzene rings is 1. The molecule has 1 aliphatic carbocycles. The minimum absolute atomic E-state index is 0.104. The summed E-state index contributed by atoms with van der Waals surface area (Å²) in [5.74, 6) is -1.05. The lowest BCUT2D eigenvalue weighted by molar-refractivity contribution is -0.138. The molecule has 0 atom stereocenters. The molecule has 0 bridgehead atoms. The standard InChI is InChI=1S/C19H20F3NO3S/c20-19(21,22)14-9-13(7-8-15(14)24)10-16-17(25)23(18(26)27-16)11-12-5-3-1-2-4-6-12/h7-10,12,24H,1-6,11H2/b16-10-. The first-order valence-corrected chi connectivity index (χ1v) is 9.73. The van der Waals surface area contributed by atoms with E-state index in [2.05, 4.69) is 0 Å². The van der Waals surface area contributed by atoms with Gasteiger partial charge in [0.15, 0.2) is 0 Å². The fourth-order valence-electron chi connectivity index (χ4n) is 3.48. The van der Waals surface area contributed by atoms with Crippen molar-refractivity contribution < 1.29 is 27.9 Å². The summed E-state index contributed by atoms with van der Waals surface area (Å²) in [5.41, 5.74) is -1.06. The monoisotopic (exact) mass is 399 g/mol. The van der Waals surface area contributed by atoms with Crippen molar-refractivity contribution in [2.45, 2.75) is 44.7 Å². The highest BCUT2D eigenvalue weighted by Crippen LogP contribution is 2.38. The van der Waals surface area contributed by atoms with Gasteiger partial charge in [-0.05, 0) is 54.3 Å². The Hall–Kier alpha value is -1.96. The lowest BCUT2D eigenvalue weighted by atomic mass is 10.00. The molecule has 0 unspecified atom stereocenters. The van der Waals surface area contributed by atoms with Crippen LogP contribution in [0.2, 0.25) is 0 Å². The predicted molar refractivity (Wildman–Crippen MR) is 97.0 cm³/mol. The number of carbonyl (C=O) groups is 2. The third-order valence-corrected chi connectivity index (χ3v) is 5.82. The zero-order chi connectivity index (χ0) is 19.6. The largest absolute Gasteiger partial charge is 0.507 e. The number of phenolic OH excluding ortho intramolecular Hbond substituents is 1. The maximum Gasteiger partial charge on any atom is 0.419 e. The number of alkyl halides is 3. The normalized spacial score (nSPS) is 21.1. The Kier molecular flexibility index (Phi) is 5.83. The van der Waals surface area contributed by atoms with Gasteiger partial charge in [-0.2, -0.15) is 13.2 Å². The molecular weight excluding hydrogens is 379 g/mol. The van der Waals surface area contributed by atoms with Crippen LogP contribution in [-0.2, 0) is 11.0 Å². The van der Waals surface area contributed by atoms with E-state index < -0.39 is 23.4 Å². The van der Waals surface area contributed by atoms with E-state index in [9.17, 15) is 27.9 Å². The summed E-state index contributed by atoms with van der Waals surface area (Å²) in [6, 6.07) is 2.99. The van der Waals surface area contributed by atoms with Crippen LogP contribution in [0.15, 0.2) is 23.1 Å². The molecule has 0 spiro atoms. The number of aromatic hydroxyl groups is 1. The summed E-state index contributed by atoms with van der Waals surface area (Å²) in [6.45, 7) is 0.366. The van der Waals surface area contributed by atoms with Gasteiger partial charge in [0, 0.05) is 6.54 Å². The molecule has 1 saturated carbocycles. The van der Waals surface area contributed by atoms with Gasteiger partial charge in [-0.15, -0.1) is 0 Å². The topological polar surface area (TPSA) is 57.6 Å². The second kappa shape index (κ2) is 7.96. The summed E-state index contributed by atoms with van der Waals surface area (Å²) in [5, 5.41) is 9.01. The van der Waals surface area contributed by atoms with Crippen LogP contribution >= 0.6 is 11.8 Å². The summed E-state index contributed by atoms with van der Waals surface area (Å²) < 4.78 is 38.8. The van der Waals surface area contributed by atoms with Gasteiger partial charge < -0.3 is 5.11 Å². The van der Waals surface area contributed by atoms with Gasteiger partial charge in [-0.25, -0.2) is 0 Å². The maximum absolute atomic E-state index is 12.9. The zero-order valence-electron chi connectivity index (χ0n) is 14.6. The Morgan fingerprint density at radius 3 is 2.44 bits per heavy atom. The van der Waals surface area contributed by atoms with E-state index in [1.165, 1.54) is 29.9 Å². The first-order valence-electron chi connectivity index (χ1n) is 8.91. The summed E-state index contributed by atoms with van der Waals surface area (Å²) >= 11 is 0.743. The second-order valence-corrected chi connectivity index (χ2v) is 7.92. The Balaban J connectivity index is 1.78. The van der Waals surface area contributed by atoms with Gasteiger partial charge in [0.25, 0.3) is 11.1 Å². The predicted octanol–water partition coefficient (Wildman–Crippen LogP) is 5.42. The van der Waals surface area contributed by atoms with Crippen molar-refractivity contribution >= 4 is 29.0 Å². The molecule has 146 valence electrons. The summed E-state index contributed by atoms with van der Waals surface area (Å²) in [4.78, 5) is 26.1. The fourth-order valence-corrected chi connectivity index (χ4v) is 4.33. The average Bonchev–Trinajstić information content (AvgIpc) is 2.79. The van der Waals surface area contributed by atoms with Crippen LogP contribution < -0.4 is 0 Å². The van der Waals surface area contributed by atoms with Gasteiger partial charge in [0.1, 0.15) is 5.75 Å². The second-order valence-electron chi connectivity index (χ2n) is 6.92. The van der Waals surface area contributed by atoms with E-state index in [1.807, 2.05) is 0 Å². The molecule has 0 radical (unpaired) electrons. The third kappa shape index (κ3) is 4.66. The number of phenols is 1. The molecule has 0 aromatic heterocycles. The Morgan fingerprint density at radius 2 is 1.81 bits per heavy atom. The van der Waals surface area contributed by atoms with Crippen molar-refractivity contribution in [1.82, 2.24) is 4.90 Å². The molecule has 3 rings (SSSR count). The van der Waals surface area contributed by atoms with Crippen LogP contribution in [-0.4, -0.2) is 27.7 Å². The molecule has 1 heterocycles. The molecule has 2 aliphatic rings. The number of hydrogen-bond acceptors (Lipinski definition) is 4. The van der Waals surface area contributed by atoms with E-state index in [4.69, 9.17) is 0 Å². The third-order valence-electron chi connectivity index (χ3n) is 4.91. The SMILES string of the molecule is O=C1S/C(=C\c2ccc(O)c(C(F)(F)F)c2)C(=O)N1CC1CCCCCC1. The molecule has 8 heteroatoms. The highest BCUT2D eigenvalue weighted by molar-refractivity contribution is 8.18. The Morgan fingerprint density at radius 1 is 1.15 bits per heavy atom. The highest BCUT2D eigenvalue weighted by Gasteiger charge is 2.37. The molecule has 1 aromatic carbocycles. The zero-order valence-corrected chi connectivity index (χ0v) is 15.4. The van der Waals surface area contributed by atoms with Crippen LogP contribution in [0, 0.1) is 5.92 Å².